The van der Waals surface area contributed by atoms with Gasteiger partial charge >= 0.3 is 0 Å². The number of ether oxygens (including phenoxy) is 2. The predicted molar refractivity (Wildman–Crippen MR) is 112 cm³/mol. The van der Waals surface area contributed by atoms with Crippen molar-refractivity contribution in [3.05, 3.63) is 64.8 Å². The topological polar surface area (TPSA) is 65.4 Å². The lowest BCUT2D eigenvalue weighted by molar-refractivity contribution is -0.116. The first-order chi connectivity index (χ1) is 14.1. The third kappa shape index (κ3) is 3.80. The smallest absolute Gasteiger partial charge is 0.226 e. The van der Waals surface area contributed by atoms with Crippen LogP contribution >= 0.6 is 11.6 Å². The zero-order valence-electron chi connectivity index (χ0n) is 16.3. The monoisotopic (exact) mass is 411 g/mol. The van der Waals surface area contributed by atoms with Crippen molar-refractivity contribution in [1.82, 2.24) is 9.78 Å². The minimum Gasteiger partial charge on any atom is -0.490 e. The van der Waals surface area contributed by atoms with Gasteiger partial charge in [0.1, 0.15) is 5.82 Å². The number of carbonyl (C=O) groups is 1. The van der Waals surface area contributed by atoms with E-state index in [9.17, 15) is 4.79 Å². The van der Waals surface area contributed by atoms with Crippen LogP contribution in [0.15, 0.2) is 48.7 Å². The maximum atomic E-state index is 12.5. The van der Waals surface area contributed by atoms with Crippen molar-refractivity contribution in [2.24, 2.45) is 0 Å². The van der Waals surface area contributed by atoms with E-state index in [0.717, 1.165) is 16.8 Å². The third-order valence-corrected chi connectivity index (χ3v) is 5.08. The van der Waals surface area contributed by atoms with Crippen molar-refractivity contribution >= 4 is 23.3 Å². The highest BCUT2D eigenvalue weighted by Crippen LogP contribution is 2.41. The van der Waals surface area contributed by atoms with Gasteiger partial charge in [0, 0.05) is 22.9 Å². The fraction of sp³-hybridized carbons (Fsp3) is 0.273. The number of rotatable bonds is 6. The summed E-state index contributed by atoms with van der Waals surface area (Å²) in [5, 5.41) is 8.08. The average Bonchev–Trinajstić information content (AvgIpc) is 3.13. The lowest BCUT2D eigenvalue weighted by Crippen LogP contribution is -2.24. The summed E-state index contributed by atoms with van der Waals surface area (Å²) in [6, 6.07) is 13.2. The number of aromatic nitrogens is 2. The largest absolute Gasteiger partial charge is 0.490 e. The fourth-order valence-corrected chi connectivity index (χ4v) is 3.79. The Kier molecular flexibility index (Phi) is 5.45. The van der Waals surface area contributed by atoms with Crippen molar-refractivity contribution in [2.75, 3.05) is 18.5 Å². The summed E-state index contributed by atoms with van der Waals surface area (Å²) >= 11 is 6.13. The number of anilines is 1. The first kappa shape index (κ1) is 19.3. The van der Waals surface area contributed by atoms with Crippen LogP contribution in [0.25, 0.3) is 5.69 Å². The number of benzene rings is 2. The van der Waals surface area contributed by atoms with E-state index in [1.165, 1.54) is 0 Å². The Balaban J connectivity index is 1.76. The van der Waals surface area contributed by atoms with Crippen LogP contribution in [0.3, 0.4) is 0 Å². The van der Waals surface area contributed by atoms with Crippen LogP contribution in [-0.2, 0) is 4.79 Å². The van der Waals surface area contributed by atoms with E-state index in [-0.39, 0.29) is 11.8 Å². The highest BCUT2D eigenvalue weighted by atomic mass is 35.5. The van der Waals surface area contributed by atoms with E-state index in [2.05, 4.69) is 10.4 Å². The molecule has 0 saturated heterocycles. The molecule has 1 aliphatic rings. The molecule has 1 amide bonds. The Morgan fingerprint density at radius 2 is 1.93 bits per heavy atom. The highest BCUT2D eigenvalue weighted by Gasteiger charge is 2.31. The molecular formula is C22H22ClN3O3. The van der Waals surface area contributed by atoms with Gasteiger partial charge in [0.05, 0.1) is 25.1 Å². The van der Waals surface area contributed by atoms with Crippen LogP contribution in [0.5, 0.6) is 11.5 Å². The molecule has 2 aromatic carbocycles. The molecule has 0 unspecified atom stereocenters. The molecule has 0 saturated carbocycles. The maximum Gasteiger partial charge on any atom is 0.226 e. The molecule has 1 aliphatic heterocycles. The molecule has 0 fully saturated rings. The molecule has 0 radical (unpaired) electrons. The van der Waals surface area contributed by atoms with Gasteiger partial charge in [-0.05, 0) is 49.7 Å². The molecule has 1 aromatic heterocycles. The highest BCUT2D eigenvalue weighted by molar-refractivity contribution is 6.30. The Hall–Kier alpha value is -2.99. The fourth-order valence-electron chi connectivity index (χ4n) is 3.61. The summed E-state index contributed by atoms with van der Waals surface area (Å²) in [7, 11) is 0. The van der Waals surface area contributed by atoms with E-state index in [1.807, 2.05) is 50.2 Å². The maximum absolute atomic E-state index is 12.5. The van der Waals surface area contributed by atoms with Gasteiger partial charge in [-0.3, -0.25) is 4.79 Å². The SMILES string of the molecule is CCOc1ccc([C@H]2CC(=O)Nc3c2cnn3-c2cccc(Cl)c2)cc1OCC. The number of hydrogen-bond donors (Lipinski definition) is 1. The van der Waals surface area contributed by atoms with Crippen LogP contribution in [0.1, 0.15) is 37.3 Å². The first-order valence-electron chi connectivity index (χ1n) is 9.64. The molecule has 0 spiro atoms. The van der Waals surface area contributed by atoms with Crippen LogP contribution in [-0.4, -0.2) is 28.9 Å². The van der Waals surface area contributed by atoms with Crippen molar-refractivity contribution in [1.29, 1.82) is 0 Å². The number of fused-ring (bicyclic) bond motifs is 1. The molecule has 150 valence electrons. The molecule has 29 heavy (non-hydrogen) atoms. The second kappa shape index (κ2) is 8.17. The van der Waals surface area contributed by atoms with Crippen molar-refractivity contribution in [3.8, 4) is 17.2 Å². The van der Waals surface area contributed by atoms with E-state index in [0.29, 0.717) is 42.0 Å². The third-order valence-electron chi connectivity index (χ3n) is 4.84. The van der Waals surface area contributed by atoms with Crippen LogP contribution in [0, 0.1) is 0 Å². The normalized spacial score (nSPS) is 15.6. The van der Waals surface area contributed by atoms with Crippen LogP contribution in [0.2, 0.25) is 5.02 Å². The van der Waals surface area contributed by atoms with Gasteiger partial charge in [-0.1, -0.05) is 23.7 Å². The zero-order chi connectivity index (χ0) is 20.4. The summed E-state index contributed by atoms with van der Waals surface area (Å²) in [5.74, 6) is 1.87. The first-order valence-corrected chi connectivity index (χ1v) is 10.0. The van der Waals surface area contributed by atoms with Gasteiger partial charge in [0.15, 0.2) is 11.5 Å². The van der Waals surface area contributed by atoms with E-state index < -0.39 is 0 Å². The van der Waals surface area contributed by atoms with Crippen LogP contribution < -0.4 is 14.8 Å². The molecule has 6 nitrogen and oxygen atoms in total. The Morgan fingerprint density at radius 1 is 1.14 bits per heavy atom. The van der Waals surface area contributed by atoms with E-state index in [1.54, 1.807) is 16.9 Å². The molecular weight excluding hydrogens is 390 g/mol. The van der Waals surface area contributed by atoms with E-state index >= 15 is 0 Å². The summed E-state index contributed by atoms with van der Waals surface area (Å²) < 4.78 is 13.1. The number of hydrogen-bond acceptors (Lipinski definition) is 4. The van der Waals surface area contributed by atoms with Gasteiger partial charge in [0.2, 0.25) is 5.91 Å². The second-order valence-corrected chi connectivity index (χ2v) is 7.15. The Morgan fingerprint density at radius 3 is 2.69 bits per heavy atom. The van der Waals surface area contributed by atoms with E-state index in [4.69, 9.17) is 21.1 Å². The van der Waals surface area contributed by atoms with Gasteiger partial charge in [-0.15, -0.1) is 0 Å². The van der Waals surface area contributed by atoms with Crippen molar-refractivity contribution in [2.45, 2.75) is 26.2 Å². The summed E-state index contributed by atoms with van der Waals surface area (Å²) in [5.41, 5.74) is 2.73. The molecule has 0 aliphatic carbocycles. The minimum atomic E-state index is -0.124. The molecule has 1 N–H and O–H groups in total. The van der Waals surface area contributed by atoms with Gasteiger partial charge in [-0.2, -0.15) is 5.10 Å². The standard InChI is InChI=1S/C22H22ClN3O3/c1-3-28-19-9-8-14(10-20(19)29-4-2)17-12-21(27)25-22-18(17)13-24-26(22)16-7-5-6-15(23)11-16/h5-11,13,17H,3-4,12H2,1-2H3,(H,25,27)/t17-/m1/s1. The molecule has 4 rings (SSSR count). The number of carbonyl (C=O) groups excluding carboxylic acids is 1. The van der Waals surface area contributed by atoms with Crippen molar-refractivity contribution in [3.63, 3.8) is 0 Å². The number of nitrogens with one attached hydrogen (secondary N) is 1. The quantitative estimate of drug-likeness (QED) is 0.632. The summed E-state index contributed by atoms with van der Waals surface area (Å²) in [6.45, 7) is 4.96. The molecule has 1 atom stereocenters. The minimum absolute atomic E-state index is 0.0573. The second-order valence-electron chi connectivity index (χ2n) is 6.72. The summed E-state index contributed by atoms with van der Waals surface area (Å²) in [6.07, 6.45) is 2.14. The number of halogens is 1. The molecule has 2 heterocycles. The number of amides is 1. The number of nitrogens with zero attached hydrogens (tertiary/aromatic N) is 2. The lowest BCUT2D eigenvalue weighted by atomic mass is 9.87. The van der Waals surface area contributed by atoms with Crippen LogP contribution in [0.4, 0.5) is 5.82 Å². The average molecular weight is 412 g/mol. The van der Waals surface area contributed by atoms with Gasteiger partial charge in [0.25, 0.3) is 0 Å². The van der Waals surface area contributed by atoms with Gasteiger partial charge in [-0.25, -0.2) is 4.68 Å². The lowest BCUT2D eigenvalue weighted by Gasteiger charge is -2.24. The molecule has 0 bridgehead atoms. The summed E-state index contributed by atoms with van der Waals surface area (Å²) in [4.78, 5) is 12.5. The zero-order valence-corrected chi connectivity index (χ0v) is 17.1. The molecule has 7 heteroatoms. The Labute approximate surface area is 174 Å². The Bertz CT molecular complexity index is 1050. The predicted octanol–water partition coefficient (Wildman–Crippen LogP) is 4.80. The molecule has 3 aromatic rings. The van der Waals surface area contributed by atoms with Crippen molar-refractivity contribution < 1.29 is 14.3 Å². The van der Waals surface area contributed by atoms with Gasteiger partial charge < -0.3 is 14.8 Å².